The van der Waals surface area contributed by atoms with Crippen molar-refractivity contribution in [3.05, 3.63) is 40.6 Å². The number of carbonyl (C=O) groups excluding carboxylic acids is 3. The number of aromatic nitrogens is 2. The number of anilines is 1. The Hall–Kier alpha value is -3.21. The molecule has 0 saturated carbocycles. The Balaban J connectivity index is 1.62. The maximum absolute atomic E-state index is 12.8. The normalized spacial score (nSPS) is 17.8. The fourth-order valence-electron chi connectivity index (χ4n) is 4.26. The summed E-state index contributed by atoms with van der Waals surface area (Å²) >= 11 is 0. The fourth-order valence-corrected chi connectivity index (χ4v) is 5.75. The van der Waals surface area contributed by atoms with Crippen LogP contribution in [0.5, 0.6) is 0 Å². The molecule has 1 aromatic heterocycles. The predicted molar refractivity (Wildman–Crippen MR) is 116 cm³/mol. The SMILES string of the molecule is Cc1ccc(-n2nc3c(c2NC(=O)C(=O)N2CCC(C(N)=O)CC2)CS(=O)(=O)C3)c(C)c1. The van der Waals surface area contributed by atoms with Crippen LogP contribution >= 0.6 is 0 Å². The molecule has 0 atom stereocenters. The summed E-state index contributed by atoms with van der Waals surface area (Å²) < 4.78 is 25.8. The van der Waals surface area contributed by atoms with Gasteiger partial charge < -0.3 is 16.0 Å². The second kappa shape index (κ2) is 8.05. The predicted octanol–water partition coefficient (Wildman–Crippen LogP) is 0.580. The van der Waals surface area contributed by atoms with Crippen LogP contribution in [0.1, 0.15) is 35.2 Å². The minimum Gasteiger partial charge on any atom is -0.369 e. The number of piperidine rings is 1. The first-order valence-electron chi connectivity index (χ1n) is 10.3. The molecule has 0 unspecified atom stereocenters. The molecule has 1 saturated heterocycles. The van der Waals surface area contributed by atoms with E-state index in [4.69, 9.17) is 5.73 Å². The molecule has 3 amide bonds. The molecule has 0 spiro atoms. The van der Waals surface area contributed by atoms with Gasteiger partial charge in [-0.15, -0.1) is 0 Å². The zero-order valence-corrected chi connectivity index (χ0v) is 18.7. The van der Waals surface area contributed by atoms with E-state index in [0.717, 1.165) is 11.1 Å². The van der Waals surface area contributed by atoms with E-state index in [0.29, 0.717) is 29.8 Å². The van der Waals surface area contributed by atoms with Crippen molar-refractivity contribution in [1.82, 2.24) is 14.7 Å². The van der Waals surface area contributed by atoms with Gasteiger partial charge in [0, 0.05) is 24.6 Å². The Morgan fingerprint density at radius 3 is 2.44 bits per heavy atom. The van der Waals surface area contributed by atoms with Gasteiger partial charge in [0.05, 0.1) is 22.9 Å². The van der Waals surface area contributed by atoms with E-state index in [1.165, 1.54) is 9.58 Å². The molecule has 3 heterocycles. The Morgan fingerprint density at radius 2 is 1.81 bits per heavy atom. The molecule has 3 N–H and O–H groups in total. The van der Waals surface area contributed by atoms with Gasteiger partial charge in [-0.05, 0) is 38.3 Å². The molecule has 0 aliphatic carbocycles. The maximum Gasteiger partial charge on any atom is 0.315 e. The number of rotatable bonds is 3. The topological polar surface area (TPSA) is 144 Å². The molecule has 2 aliphatic heterocycles. The van der Waals surface area contributed by atoms with E-state index in [-0.39, 0.29) is 36.3 Å². The summed E-state index contributed by atoms with van der Waals surface area (Å²) in [5.74, 6) is -2.59. The zero-order valence-electron chi connectivity index (χ0n) is 17.9. The van der Waals surface area contributed by atoms with Crippen molar-refractivity contribution in [3.8, 4) is 5.69 Å². The van der Waals surface area contributed by atoms with Crippen molar-refractivity contribution >= 4 is 33.4 Å². The summed E-state index contributed by atoms with van der Waals surface area (Å²) in [4.78, 5) is 38.3. The minimum absolute atomic E-state index is 0.193. The lowest BCUT2D eigenvalue weighted by Crippen LogP contribution is -2.46. The first-order valence-corrected chi connectivity index (χ1v) is 12.2. The largest absolute Gasteiger partial charge is 0.369 e. The van der Waals surface area contributed by atoms with Gasteiger partial charge >= 0.3 is 11.8 Å². The number of carbonyl (C=O) groups is 3. The third-order valence-electron chi connectivity index (χ3n) is 5.98. The van der Waals surface area contributed by atoms with Gasteiger partial charge in [0.1, 0.15) is 5.82 Å². The standard InChI is InChI=1S/C21H25N5O5S/c1-12-3-4-17(13(2)9-12)26-19(15-10-32(30,31)11-16(15)24-26)23-20(28)21(29)25-7-5-14(6-8-25)18(22)27/h3-4,9,14H,5-8,10-11H2,1-2H3,(H2,22,27)(H,23,28). The molecule has 0 bridgehead atoms. The van der Waals surface area contributed by atoms with Crippen LogP contribution in [0.2, 0.25) is 0 Å². The Kier molecular flexibility index (Phi) is 5.53. The molecule has 1 aromatic carbocycles. The highest BCUT2D eigenvalue weighted by Gasteiger charge is 2.35. The molecule has 11 heteroatoms. The van der Waals surface area contributed by atoms with Crippen molar-refractivity contribution in [1.29, 1.82) is 0 Å². The molecular formula is C21H25N5O5S. The van der Waals surface area contributed by atoms with Crippen LogP contribution in [0.25, 0.3) is 5.69 Å². The van der Waals surface area contributed by atoms with Gasteiger partial charge in [0.15, 0.2) is 9.84 Å². The summed E-state index contributed by atoms with van der Waals surface area (Å²) in [7, 11) is -3.36. The van der Waals surface area contributed by atoms with E-state index >= 15 is 0 Å². The van der Waals surface area contributed by atoms with E-state index in [2.05, 4.69) is 10.4 Å². The first kappa shape index (κ1) is 22.0. The number of aryl methyl sites for hydroxylation is 2. The highest BCUT2D eigenvalue weighted by Crippen LogP contribution is 2.34. The molecule has 1 fully saturated rings. The number of hydrogen-bond donors (Lipinski definition) is 2. The van der Waals surface area contributed by atoms with Crippen LogP contribution in [0.15, 0.2) is 18.2 Å². The summed E-state index contributed by atoms with van der Waals surface area (Å²) in [5, 5.41) is 7.06. The number of amides is 3. The van der Waals surface area contributed by atoms with Gasteiger partial charge in [-0.3, -0.25) is 14.4 Å². The average molecular weight is 460 g/mol. The highest BCUT2D eigenvalue weighted by molar-refractivity contribution is 7.90. The van der Waals surface area contributed by atoms with Crippen LogP contribution in [0, 0.1) is 19.8 Å². The van der Waals surface area contributed by atoms with E-state index < -0.39 is 27.6 Å². The monoisotopic (exact) mass is 459 g/mol. The summed E-state index contributed by atoms with van der Waals surface area (Å²) in [5.41, 5.74) is 8.73. The third-order valence-corrected chi connectivity index (χ3v) is 7.42. The van der Waals surface area contributed by atoms with Crippen LogP contribution in [0.3, 0.4) is 0 Å². The summed E-state index contributed by atoms with van der Waals surface area (Å²) in [6, 6.07) is 5.69. The smallest absolute Gasteiger partial charge is 0.315 e. The first-order chi connectivity index (χ1) is 15.1. The second-order valence-corrected chi connectivity index (χ2v) is 10.5. The van der Waals surface area contributed by atoms with Crippen LogP contribution < -0.4 is 11.1 Å². The van der Waals surface area contributed by atoms with Gasteiger partial charge in [-0.1, -0.05) is 17.7 Å². The van der Waals surface area contributed by atoms with Crippen LogP contribution in [0.4, 0.5) is 5.82 Å². The third kappa shape index (κ3) is 4.12. The zero-order chi connectivity index (χ0) is 23.2. The number of benzene rings is 1. The molecule has 170 valence electrons. The lowest BCUT2D eigenvalue weighted by Gasteiger charge is -2.30. The average Bonchev–Trinajstić information content (AvgIpc) is 3.19. The molecule has 10 nitrogen and oxygen atoms in total. The molecule has 2 aromatic rings. The van der Waals surface area contributed by atoms with Crippen molar-refractivity contribution in [2.75, 3.05) is 18.4 Å². The van der Waals surface area contributed by atoms with E-state index in [9.17, 15) is 22.8 Å². The lowest BCUT2D eigenvalue weighted by molar-refractivity contribution is -0.144. The van der Waals surface area contributed by atoms with E-state index in [1.807, 2.05) is 32.0 Å². The Morgan fingerprint density at radius 1 is 1.12 bits per heavy atom. The quantitative estimate of drug-likeness (QED) is 0.643. The van der Waals surface area contributed by atoms with Crippen molar-refractivity contribution in [2.24, 2.45) is 11.7 Å². The summed E-state index contributed by atoms with van der Waals surface area (Å²) in [6.07, 6.45) is 0.810. The molecule has 0 radical (unpaired) electrons. The molecule has 4 rings (SSSR count). The van der Waals surface area contributed by atoms with Crippen molar-refractivity contribution < 1.29 is 22.8 Å². The second-order valence-electron chi connectivity index (χ2n) is 8.43. The van der Waals surface area contributed by atoms with Gasteiger partial charge in [-0.2, -0.15) is 5.10 Å². The lowest BCUT2D eigenvalue weighted by atomic mass is 9.96. The van der Waals surface area contributed by atoms with Crippen molar-refractivity contribution in [2.45, 2.75) is 38.2 Å². The number of likely N-dealkylation sites (tertiary alicyclic amines) is 1. The van der Waals surface area contributed by atoms with Crippen LogP contribution in [-0.4, -0.2) is 53.9 Å². The number of sulfone groups is 1. The van der Waals surface area contributed by atoms with Crippen molar-refractivity contribution in [3.63, 3.8) is 0 Å². The number of hydrogen-bond acceptors (Lipinski definition) is 6. The fraction of sp³-hybridized carbons (Fsp3) is 0.429. The molecular weight excluding hydrogens is 434 g/mol. The number of nitrogens with one attached hydrogen (secondary N) is 1. The van der Waals surface area contributed by atoms with E-state index in [1.54, 1.807) is 0 Å². The molecule has 32 heavy (non-hydrogen) atoms. The number of nitrogens with two attached hydrogens (primary N) is 1. The Bertz CT molecular complexity index is 1230. The molecule has 2 aliphatic rings. The van der Waals surface area contributed by atoms with Gasteiger partial charge in [-0.25, -0.2) is 13.1 Å². The van der Waals surface area contributed by atoms with Gasteiger partial charge in [0.2, 0.25) is 5.91 Å². The highest BCUT2D eigenvalue weighted by atomic mass is 32.2. The number of primary amides is 1. The number of nitrogens with zero attached hydrogens (tertiary/aromatic N) is 3. The number of fused-ring (bicyclic) bond motifs is 1. The van der Waals surface area contributed by atoms with Crippen LogP contribution in [-0.2, 0) is 35.7 Å². The van der Waals surface area contributed by atoms with Gasteiger partial charge in [0.25, 0.3) is 0 Å². The summed E-state index contributed by atoms with van der Waals surface area (Å²) in [6.45, 7) is 4.35. The minimum atomic E-state index is -3.36. The maximum atomic E-state index is 12.8. The Labute approximate surface area is 185 Å².